The molecule has 0 aromatic heterocycles. The van der Waals surface area contributed by atoms with Crippen molar-refractivity contribution in [2.24, 2.45) is 11.7 Å². The summed E-state index contributed by atoms with van der Waals surface area (Å²) in [5.74, 6) is 0.192. The van der Waals surface area contributed by atoms with Crippen molar-refractivity contribution in [1.29, 1.82) is 0 Å². The first kappa shape index (κ1) is 12.6. The van der Waals surface area contributed by atoms with E-state index in [1.54, 1.807) is 0 Å². The first-order valence-corrected chi connectivity index (χ1v) is 8.11. The Morgan fingerprint density at radius 1 is 1.38 bits per heavy atom. The van der Waals surface area contributed by atoms with Gasteiger partial charge in [0.25, 0.3) is 0 Å². The Labute approximate surface area is 81.8 Å². The molecule has 0 radical (unpaired) electrons. The molecular weight excluding hydrogens is 182 g/mol. The minimum absolute atomic E-state index is 0.243. The maximum Gasteiger partial charge on any atom is 0.309 e. The second-order valence-electron chi connectivity index (χ2n) is 4.77. The van der Waals surface area contributed by atoms with Crippen molar-refractivity contribution in [3.05, 3.63) is 0 Å². The fourth-order valence-corrected chi connectivity index (χ4v) is 1.74. The van der Waals surface area contributed by atoms with Crippen LogP contribution in [0.2, 0.25) is 19.6 Å². The monoisotopic (exact) mass is 203 g/mol. The van der Waals surface area contributed by atoms with E-state index in [0.29, 0.717) is 12.3 Å². The molecule has 0 saturated heterocycles. The van der Waals surface area contributed by atoms with Crippen LogP contribution in [0.5, 0.6) is 0 Å². The lowest BCUT2D eigenvalue weighted by Gasteiger charge is -2.21. The summed E-state index contributed by atoms with van der Waals surface area (Å²) < 4.78 is 5.28. The third-order valence-corrected chi connectivity index (χ3v) is 2.25. The van der Waals surface area contributed by atoms with E-state index in [1.165, 1.54) is 0 Å². The van der Waals surface area contributed by atoms with Crippen molar-refractivity contribution in [3.63, 3.8) is 0 Å². The first-order chi connectivity index (χ1) is 5.72. The zero-order valence-corrected chi connectivity index (χ0v) is 10.3. The lowest BCUT2D eigenvalue weighted by Crippen LogP contribution is -2.40. The summed E-state index contributed by atoms with van der Waals surface area (Å²) in [4.78, 5) is 11.4. The smallest absolute Gasteiger partial charge is 0.309 e. The maximum absolute atomic E-state index is 11.4. The van der Waals surface area contributed by atoms with Crippen molar-refractivity contribution >= 4 is 14.3 Å². The van der Waals surface area contributed by atoms with Gasteiger partial charge in [0.1, 0.15) is 6.04 Å². The minimum atomic E-state index is -1.76. The van der Waals surface area contributed by atoms with Crippen molar-refractivity contribution < 1.29 is 9.22 Å². The van der Waals surface area contributed by atoms with E-state index in [1.807, 2.05) is 33.5 Å². The van der Waals surface area contributed by atoms with Gasteiger partial charge in [-0.25, -0.2) is 0 Å². The number of nitrogens with two attached hydrogens (primary N) is 1. The summed E-state index contributed by atoms with van der Waals surface area (Å²) in [6.07, 6.45) is 0.698. The Hall–Kier alpha value is -0.353. The van der Waals surface area contributed by atoms with Crippen LogP contribution < -0.4 is 5.73 Å². The average Bonchev–Trinajstić information content (AvgIpc) is 1.81. The molecule has 0 spiro atoms. The molecule has 0 aliphatic heterocycles. The molecule has 0 aromatic rings. The predicted molar refractivity (Wildman–Crippen MR) is 56.9 cm³/mol. The fraction of sp³-hybridized carbons (Fsp3) is 0.889. The Balaban J connectivity index is 3.97. The topological polar surface area (TPSA) is 52.3 Å². The quantitative estimate of drug-likeness (QED) is 0.708. The lowest BCUT2D eigenvalue weighted by atomic mass is 10.1. The van der Waals surface area contributed by atoms with Crippen LogP contribution in [0, 0.1) is 5.92 Å². The molecule has 2 N–H and O–H groups in total. The molecule has 1 unspecified atom stereocenters. The molecule has 0 amide bonds. The molecule has 0 rings (SSSR count). The number of rotatable bonds is 4. The zero-order valence-electron chi connectivity index (χ0n) is 9.26. The van der Waals surface area contributed by atoms with Crippen LogP contribution in [-0.4, -0.2) is 20.3 Å². The molecule has 78 valence electrons. The van der Waals surface area contributed by atoms with Gasteiger partial charge in [0.05, 0.1) is 0 Å². The molecule has 0 aliphatic rings. The SMILES string of the molecule is CC(C)CC(N)C(=O)O[Si](C)(C)C. The molecular formula is C9H21NO2Si. The highest BCUT2D eigenvalue weighted by molar-refractivity contribution is 6.71. The van der Waals surface area contributed by atoms with Crippen LogP contribution >= 0.6 is 0 Å². The van der Waals surface area contributed by atoms with Crippen LogP contribution in [0.3, 0.4) is 0 Å². The lowest BCUT2D eigenvalue weighted by molar-refractivity contribution is -0.136. The second kappa shape index (κ2) is 4.76. The molecule has 13 heavy (non-hydrogen) atoms. The number of carbonyl (C=O) groups is 1. The standard InChI is InChI=1S/C9H21NO2Si/c1-7(2)6-8(10)9(11)12-13(3,4)5/h7-8H,6,10H2,1-5H3. The summed E-state index contributed by atoms with van der Waals surface area (Å²) in [5, 5.41) is 0. The van der Waals surface area contributed by atoms with Gasteiger partial charge in [-0.15, -0.1) is 0 Å². The highest BCUT2D eigenvalue weighted by Crippen LogP contribution is 2.08. The van der Waals surface area contributed by atoms with Crippen molar-refractivity contribution in [2.75, 3.05) is 0 Å². The average molecular weight is 203 g/mol. The molecule has 3 nitrogen and oxygen atoms in total. The van der Waals surface area contributed by atoms with Gasteiger partial charge in [0, 0.05) is 0 Å². The Bertz CT molecular complexity index is 175. The van der Waals surface area contributed by atoms with E-state index in [9.17, 15) is 4.79 Å². The van der Waals surface area contributed by atoms with E-state index in [4.69, 9.17) is 10.2 Å². The van der Waals surface area contributed by atoms with E-state index in [0.717, 1.165) is 0 Å². The number of carbonyl (C=O) groups excluding carboxylic acids is 1. The number of hydrogen-bond donors (Lipinski definition) is 1. The molecule has 0 aliphatic carbocycles. The molecule has 0 aromatic carbocycles. The summed E-state index contributed by atoms with van der Waals surface area (Å²) in [6.45, 7) is 10.0. The van der Waals surface area contributed by atoms with Crippen molar-refractivity contribution in [2.45, 2.75) is 46.0 Å². The Morgan fingerprint density at radius 3 is 2.15 bits per heavy atom. The summed E-state index contributed by atoms with van der Waals surface area (Å²) in [7, 11) is -1.76. The van der Waals surface area contributed by atoms with Gasteiger partial charge in [0.2, 0.25) is 8.32 Å². The third-order valence-electron chi connectivity index (χ3n) is 1.43. The summed E-state index contributed by atoms with van der Waals surface area (Å²) >= 11 is 0. The summed E-state index contributed by atoms with van der Waals surface area (Å²) in [6, 6.07) is -0.452. The van der Waals surface area contributed by atoms with Crippen LogP contribution in [0.25, 0.3) is 0 Å². The molecule has 0 heterocycles. The van der Waals surface area contributed by atoms with Crippen LogP contribution in [-0.2, 0) is 9.22 Å². The first-order valence-electron chi connectivity index (χ1n) is 4.71. The second-order valence-corrected chi connectivity index (χ2v) is 9.20. The van der Waals surface area contributed by atoms with E-state index < -0.39 is 14.4 Å². The molecule has 4 heteroatoms. The zero-order chi connectivity index (χ0) is 10.6. The van der Waals surface area contributed by atoms with Crippen molar-refractivity contribution in [1.82, 2.24) is 0 Å². The van der Waals surface area contributed by atoms with Crippen LogP contribution in [0.15, 0.2) is 0 Å². The number of hydrogen-bond acceptors (Lipinski definition) is 3. The van der Waals surface area contributed by atoms with Gasteiger partial charge >= 0.3 is 5.97 Å². The normalized spacial score (nSPS) is 14.4. The highest BCUT2D eigenvalue weighted by Gasteiger charge is 2.24. The fourth-order valence-electron chi connectivity index (χ4n) is 0.982. The van der Waals surface area contributed by atoms with Gasteiger partial charge in [-0.1, -0.05) is 13.8 Å². The van der Waals surface area contributed by atoms with Gasteiger partial charge < -0.3 is 10.2 Å². The molecule has 0 fully saturated rings. The molecule has 0 saturated carbocycles. The van der Waals surface area contributed by atoms with Gasteiger partial charge in [-0.05, 0) is 32.0 Å². The minimum Gasteiger partial charge on any atom is -0.519 e. The Morgan fingerprint density at radius 2 is 1.85 bits per heavy atom. The molecule has 0 bridgehead atoms. The van der Waals surface area contributed by atoms with E-state index >= 15 is 0 Å². The predicted octanol–water partition coefficient (Wildman–Crippen LogP) is 1.74. The third kappa shape index (κ3) is 6.78. The van der Waals surface area contributed by atoms with E-state index in [-0.39, 0.29) is 5.97 Å². The highest BCUT2D eigenvalue weighted by atomic mass is 28.4. The van der Waals surface area contributed by atoms with Gasteiger partial charge in [-0.2, -0.15) is 0 Å². The Kier molecular flexibility index (Phi) is 4.63. The van der Waals surface area contributed by atoms with Crippen molar-refractivity contribution in [3.8, 4) is 0 Å². The van der Waals surface area contributed by atoms with Gasteiger partial charge in [0.15, 0.2) is 0 Å². The summed E-state index contributed by atoms with van der Waals surface area (Å²) in [5.41, 5.74) is 5.67. The van der Waals surface area contributed by atoms with Gasteiger partial charge in [-0.3, -0.25) is 4.79 Å². The molecule has 1 atom stereocenters. The maximum atomic E-state index is 11.4. The van der Waals surface area contributed by atoms with Crippen LogP contribution in [0.1, 0.15) is 20.3 Å². The van der Waals surface area contributed by atoms with Crippen LogP contribution in [0.4, 0.5) is 0 Å². The van der Waals surface area contributed by atoms with E-state index in [2.05, 4.69) is 0 Å². The largest absolute Gasteiger partial charge is 0.519 e.